The number of benzene rings is 2. The van der Waals surface area contributed by atoms with Crippen LogP contribution >= 0.6 is 0 Å². The molecule has 6 nitrogen and oxygen atoms in total. The van der Waals surface area contributed by atoms with Crippen molar-refractivity contribution in [3.05, 3.63) is 65.2 Å². The number of amides is 2. The van der Waals surface area contributed by atoms with Crippen molar-refractivity contribution in [3.8, 4) is 11.5 Å². The topological polar surface area (TPSA) is 81.9 Å². The molecule has 0 saturated heterocycles. The predicted molar refractivity (Wildman–Crippen MR) is 118 cm³/mol. The molecule has 0 aliphatic carbocycles. The minimum atomic E-state index is -0.565. The summed E-state index contributed by atoms with van der Waals surface area (Å²) in [5.74, 6) is 0.223. The zero-order valence-electron chi connectivity index (χ0n) is 18.1. The lowest BCUT2D eigenvalue weighted by molar-refractivity contribution is -0.133. The SMILES string of the molecule is CCCc1ccc(C(C)N(CC(N)=O)C(=O)C=Cc2cccc(OC)c2OC)cc1. The Hall–Kier alpha value is -3.28. The second-order valence-corrected chi connectivity index (χ2v) is 7.02. The molecule has 2 N–H and O–H groups in total. The molecule has 0 aliphatic heterocycles. The van der Waals surface area contributed by atoms with Gasteiger partial charge in [0.2, 0.25) is 11.8 Å². The highest BCUT2D eigenvalue weighted by Gasteiger charge is 2.22. The van der Waals surface area contributed by atoms with Crippen LogP contribution in [0.15, 0.2) is 48.5 Å². The minimum Gasteiger partial charge on any atom is -0.493 e. The molecular formula is C24H30N2O4. The molecule has 30 heavy (non-hydrogen) atoms. The van der Waals surface area contributed by atoms with Crippen LogP contribution in [0.2, 0.25) is 0 Å². The van der Waals surface area contributed by atoms with Crippen molar-refractivity contribution in [3.63, 3.8) is 0 Å². The maximum atomic E-state index is 12.9. The highest BCUT2D eigenvalue weighted by Crippen LogP contribution is 2.31. The number of aryl methyl sites for hydroxylation is 1. The van der Waals surface area contributed by atoms with Gasteiger partial charge in [0.05, 0.1) is 20.3 Å². The van der Waals surface area contributed by atoms with E-state index in [2.05, 4.69) is 19.1 Å². The van der Waals surface area contributed by atoms with Gasteiger partial charge in [-0.1, -0.05) is 49.7 Å². The highest BCUT2D eigenvalue weighted by molar-refractivity contribution is 5.94. The number of carbonyl (C=O) groups is 2. The molecule has 0 saturated carbocycles. The van der Waals surface area contributed by atoms with E-state index in [1.54, 1.807) is 26.4 Å². The molecule has 0 aliphatic rings. The summed E-state index contributed by atoms with van der Waals surface area (Å²) in [4.78, 5) is 26.0. The van der Waals surface area contributed by atoms with Crippen LogP contribution in [0.1, 0.15) is 43.0 Å². The van der Waals surface area contributed by atoms with Crippen LogP contribution < -0.4 is 15.2 Å². The van der Waals surface area contributed by atoms with Gasteiger partial charge >= 0.3 is 0 Å². The molecule has 0 heterocycles. The predicted octanol–water partition coefficient (Wildman–Crippen LogP) is 3.74. The number of para-hydroxylation sites is 1. The first-order valence-corrected chi connectivity index (χ1v) is 9.98. The third-order valence-corrected chi connectivity index (χ3v) is 4.92. The number of rotatable bonds is 10. The van der Waals surface area contributed by atoms with Gasteiger partial charge < -0.3 is 20.1 Å². The standard InChI is InChI=1S/C24H30N2O4/c1-5-7-18-10-12-19(13-11-18)17(2)26(16-22(25)27)23(28)15-14-20-8-6-9-21(29-3)24(20)30-4/h6,8-15,17H,5,7,16H2,1-4H3,(H2,25,27). The maximum Gasteiger partial charge on any atom is 0.247 e. The van der Waals surface area contributed by atoms with Crippen molar-refractivity contribution in [2.24, 2.45) is 5.73 Å². The normalized spacial score (nSPS) is 11.9. The van der Waals surface area contributed by atoms with E-state index in [9.17, 15) is 9.59 Å². The molecule has 160 valence electrons. The van der Waals surface area contributed by atoms with Gasteiger partial charge in [-0.25, -0.2) is 0 Å². The molecule has 0 aromatic heterocycles. The number of primary amides is 1. The van der Waals surface area contributed by atoms with E-state index >= 15 is 0 Å². The molecule has 0 spiro atoms. The van der Waals surface area contributed by atoms with E-state index in [1.165, 1.54) is 16.5 Å². The van der Waals surface area contributed by atoms with Crippen molar-refractivity contribution in [1.82, 2.24) is 4.90 Å². The van der Waals surface area contributed by atoms with E-state index < -0.39 is 5.91 Å². The van der Waals surface area contributed by atoms with Gasteiger partial charge in [0.25, 0.3) is 0 Å². The molecular weight excluding hydrogens is 380 g/mol. The first-order valence-electron chi connectivity index (χ1n) is 9.98. The Morgan fingerprint density at radius 2 is 1.80 bits per heavy atom. The van der Waals surface area contributed by atoms with Crippen molar-refractivity contribution in [1.29, 1.82) is 0 Å². The Bertz CT molecular complexity index is 891. The van der Waals surface area contributed by atoms with Crippen LogP contribution in [0.25, 0.3) is 6.08 Å². The smallest absolute Gasteiger partial charge is 0.247 e. The van der Waals surface area contributed by atoms with Crippen LogP contribution in [-0.2, 0) is 16.0 Å². The molecule has 0 bridgehead atoms. The van der Waals surface area contributed by atoms with Gasteiger partial charge in [-0.2, -0.15) is 0 Å². The number of carbonyl (C=O) groups excluding carboxylic acids is 2. The van der Waals surface area contributed by atoms with Crippen molar-refractivity contribution < 1.29 is 19.1 Å². The van der Waals surface area contributed by atoms with Crippen molar-refractivity contribution in [2.75, 3.05) is 20.8 Å². The highest BCUT2D eigenvalue weighted by atomic mass is 16.5. The molecule has 1 unspecified atom stereocenters. The Labute approximate surface area is 178 Å². The summed E-state index contributed by atoms with van der Waals surface area (Å²) in [6.07, 6.45) is 5.14. The lowest BCUT2D eigenvalue weighted by atomic mass is 10.0. The number of methoxy groups -OCH3 is 2. The van der Waals surface area contributed by atoms with Gasteiger partial charge in [-0.15, -0.1) is 0 Å². The molecule has 2 amide bonds. The van der Waals surface area contributed by atoms with E-state index in [0.717, 1.165) is 18.4 Å². The van der Waals surface area contributed by atoms with Gasteiger partial charge in [0.15, 0.2) is 11.5 Å². The average Bonchev–Trinajstić information content (AvgIpc) is 2.75. The summed E-state index contributed by atoms with van der Waals surface area (Å²) in [5, 5.41) is 0. The molecule has 1 atom stereocenters. The van der Waals surface area contributed by atoms with Crippen LogP contribution in [-0.4, -0.2) is 37.5 Å². The Morgan fingerprint density at radius 1 is 1.10 bits per heavy atom. The number of hydrogen-bond acceptors (Lipinski definition) is 4. The summed E-state index contributed by atoms with van der Waals surface area (Å²) < 4.78 is 10.7. The number of hydrogen-bond donors (Lipinski definition) is 1. The second-order valence-electron chi connectivity index (χ2n) is 7.02. The number of nitrogens with two attached hydrogens (primary N) is 1. The lowest BCUT2D eigenvalue weighted by Gasteiger charge is -2.27. The van der Waals surface area contributed by atoms with Gasteiger partial charge in [-0.05, 0) is 36.6 Å². The summed E-state index contributed by atoms with van der Waals surface area (Å²) >= 11 is 0. The first kappa shape index (κ1) is 23.0. The molecule has 2 aromatic rings. The van der Waals surface area contributed by atoms with E-state index in [-0.39, 0.29) is 18.5 Å². The number of ether oxygens (including phenoxy) is 2. The fourth-order valence-electron chi connectivity index (χ4n) is 3.31. The average molecular weight is 411 g/mol. The quantitative estimate of drug-likeness (QED) is 0.605. The molecule has 6 heteroatoms. The van der Waals surface area contributed by atoms with E-state index in [0.29, 0.717) is 17.1 Å². The zero-order valence-corrected chi connectivity index (χ0v) is 18.1. The largest absolute Gasteiger partial charge is 0.493 e. The third-order valence-electron chi connectivity index (χ3n) is 4.92. The Balaban J connectivity index is 2.27. The van der Waals surface area contributed by atoms with Gasteiger partial charge in [0, 0.05) is 11.6 Å². The van der Waals surface area contributed by atoms with Crippen LogP contribution in [0, 0.1) is 0 Å². The molecule has 2 aromatic carbocycles. The monoisotopic (exact) mass is 410 g/mol. The summed E-state index contributed by atoms with van der Waals surface area (Å²) in [5.41, 5.74) is 8.29. The number of nitrogens with zero attached hydrogens (tertiary/aromatic N) is 1. The van der Waals surface area contributed by atoms with Crippen LogP contribution in [0.5, 0.6) is 11.5 Å². The fraction of sp³-hybridized carbons (Fsp3) is 0.333. The Morgan fingerprint density at radius 3 is 2.37 bits per heavy atom. The minimum absolute atomic E-state index is 0.170. The van der Waals surface area contributed by atoms with Crippen molar-refractivity contribution in [2.45, 2.75) is 32.7 Å². The second kappa shape index (κ2) is 11.0. The van der Waals surface area contributed by atoms with Crippen molar-refractivity contribution >= 4 is 17.9 Å². The lowest BCUT2D eigenvalue weighted by Crippen LogP contribution is -2.39. The third kappa shape index (κ3) is 5.86. The molecule has 0 radical (unpaired) electrons. The zero-order chi connectivity index (χ0) is 22.1. The molecule has 0 fully saturated rings. The summed E-state index contributed by atoms with van der Waals surface area (Å²) in [6, 6.07) is 13.2. The Kier molecular flexibility index (Phi) is 8.47. The first-order chi connectivity index (χ1) is 14.4. The summed E-state index contributed by atoms with van der Waals surface area (Å²) in [6.45, 7) is 3.85. The van der Waals surface area contributed by atoms with Crippen LogP contribution in [0.4, 0.5) is 0 Å². The van der Waals surface area contributed by atoms with E-state index in [4.69, 9.17) is 15.2 Å². The van der Waals surface area contributed by atoms with Gasteiger partial charge in [-0.3, -0.25) is 9.59 Å². The summed E-state index contributed by atoms with van der Waals surface area (Å²) in [7, 11) is 3.10. The molecule has 2 rings (SSSR count). The maximum absolute atomic E-state index is 12.9. The van der Waals surface area contributed by atoms with E-state index in [1.807, 2.05) is 31.2 Å². The van der Waals surface area contributed by atoms with Crippen LogP contribution in [0.3, 0.4) is 0 Å². The fourth-order valence-corrected chi connectivity index (χ4v) is 3.31. The van der Waals surface area contributed by atoms with Gasteiger partial charge in [0.1, 0.15) is 6.54 Å².